The lowest BCUT2D eigenvalue weighted by Gasteiger charge is -2.16. The van der Waals surface area contributed by atoms with E-state index < -0.39 is 0 Å². The van der Waals surface area contributed by atoms with Crippen molar-refractivity contribution in [2.45, 2.75) is 6.42 Å². The molecule has 1 aromatic heterocycles. The van der Waals surface area contributed by atoms with E-state index in [9.17, 15) is 0 Å². The van der Waals surface area contributed by atoms with E-state index in [-0.39, 0.29) is 0 Å². The fraction of sp³-hybridized carbons (Fsp3) is 0.267. The highest BCUT2D eigenvalue weighted by molar-refractivity contribution is 5.90. The van der Waals surface area contributed by atoms with Crippen LogP contribution in [0.2, 0.25) is 0 Å². The van der Waals surface area contributed by atoms with Gasteiger partial charge in [0, 0.05) is 30.4 Å². The maximum absolute atomic E-state index is 4.37. The van der Waals surface area contributed by atoms with Gasteiger partial charge in [-0.1, -0.05) is 29.8 Å². The maximum atomic E-state index is 4.37. The molecule has 0 fully saturated rings. The molecule has 0 aliphatic carbocycles. The Kier molecular flexibility index (Phi) is 3.24. The number of aromatic nitrogens is 1. The zero-order valence-corrected chi connectivity index (χ0v) is 10.3. The van der Waals surface area contributed by atoms with Crippen LogP contribution in [-0.2, 0) is 0 Å². The van der Waals surface area contributed by atoms with Gasteiger partial charge in [0.15, 0.2) is 0 Å². The summed E-state index contributed by atoms with van der Waals surface area (Å²) in [6.07, 6.45) is 5.28. The molecule has 0 radical (unpaired) electrons. The number of rotatable bonds is 3. The zero-order chi connectivity index (χ0) is 12.2. The van der Waals surface area contributed by atoms with E-state index in [1.165, 1.54) is 16.6 Å². The number of fused-ring (bicyclic) bond motifs is 1. The smallest absolute Gasteiger partial charge is 0.0722 e. The summed E-state index contributed by atoms with van der Waals surface area (Å²) in [5.74, 6) is 0. The third kappa shape index (κ3) is 2.36. The summed E-state index contributed by atoms with van der Waals surface area (Å²) < 4.78 is 0. The standard InChI is InChI=1S/C15H17N3/c1-2-4-14-13(3-1)15(7-10-17-14)18-11-12-5-8-16-9-6-12/h1-5,7,10,16H,6,8-9,11H2,(H,17,18). The Morgan fingerprint density at radius 2 is 2.17 bits per heavy atom. The van der Waals surface area contributed by atoms with Crippen LogP contribution in [0.3, 0.4) is 0 Å². The van der Waals surface area contributed by atoms with Crippen LogP contribution in [0.15, 0.2) is 48.2 Å². The van der Waals surface area contributed by atoms with E-state index in [4.69, 9.17) is 0 Å². The summed E-state index contributed by atoms with van der Waals surface area (Å²) in [7, 11) is 0. The van der Waals surface area contributed by atoms with Crippen LogP contribution in [-0.4, -0.2) is 24.6 Å². The Bertz CT molecular complexity index is 569. The van der Waals surface area contributed by atoms with Crippen LogP contribution in [0.25, 0.3) is 10.9 Å². The second-order valence-corrected chi connectivity index (χ2v) is 4.55. The molecule has 0 unspecified atom stereocenters. The third-order valence-corrected chi connectivity index (χ3v) is 3.31. The molecular formula is C15H17N3. The summed E-state index contributed by atoms with van der Waals surface area (Å²) in [5.41, 5.74) is 3.69. The van der Waals surface area contributed by atoms with Gasteiger partial charge in [0.05, 0.1) is 5.52 Å². The molecule has 0 amide bonds. The van der Waals surface area contributed by atoms with Gasteiger partial charge < -0.3 is 10.6 Å². The predicted molar refractivity (Wildman–Crippen MR) is 75.8 cm³/mol. The second kappa shape index (κ2) is 5.19. The van der Waals surface area contributed by atoms with Crippen LogP contribution in [0.1, 0.15) is 6.42 Å². The fourth-order valence-corrected chi connectivity index (χ4v) is 2.29. The lowest BCUT2D eigenvalue weighted by atomic mass is 10.1. The molecule has 0 atom stereocenters. The largest absolute Gasteiger partial charge is 0.381 e. The first-order valence-electron chi connectivity index (χ1n) is 6.40. The highest BCUT2D eigenvalue weighted by atomic mass is 14.9. The lowest BCUT2D eigenvalue weighted by molar-refractivity contribution is 0.698. The number of hydrogen-bond donors (Lipinski definition) is 2. The van der Waals surface area contributed by atoms with Crippen molar-refractivity contribution in [1.29, 1.82) is 0 Å². The Balaban J connectivity index is 1.80. The Labute approximate surface area is 107 Å². The van der Waals surface area contributed by atoms with E-state index >= 15 is 0 Å². The SMILES string of the molecule is C1=C(CNc2ccnc3ccccc23)CCNC1. The first kappa shape index (κ1) is 11.2. The Hall–Kier alpha value is -1.87. The lowest BCUT2D eigenvalue weighted by Crippen LogP contribution is -2.23. The van der Waals surface area contributed by atoms with Gasteiger partial charge in [0.2, 0.25) is 0 Å². The summed E-state index contributed by atoms with van der Waals surface area (Å²) in [6.45, 7) is 3.01. The van der Waals surface area contributed by atoms with Crippen molar-refractivity contribution >= 4 is 16.6 Å². The third-order valence-electron chi connectivity index (χ3n) is 3.31. The van der Waals surface area contributed by atoms with Crippen LogP contribution >= 0.6 is 0 Å². The summed E-state index contributed by atoms with van der Waals surface area (Å²) in [4.78, 5) is 4.37. The first-order valence-corrected chi connectivity index (χ1v) is 6.40. The van der Waals surface area contributed by atoms with Crippen molar-refractivity contribution in [3.05, 3.63) is 48.2 Å². The molecule has 92 valence electrons. The number of nitrogens with one attached hydrogen (secondary N) is 2. The van der Waals surface area contributed by atoms with Gasteiger partial charge in [-0.3, -0.25) is 4.98 Å². The van der Waals surface area contributed by atoms with Gasteiger partial charge in [-0.15, -0.1) is 0 Å². The number of hydrogen-bond acceptors (Lipinski definition) is 3. The topological polar surface area (TPSA) is 37.0 Å². The quantitative estimate of drug-likeness (QED) is 0.808. The molecule has 3 rings (SSSR count). The molecule has 3 nitrogen and oxygen atoms in total. The molecule has 1 aliphatic heterocycles. The van der Waals surface area contributed by atoms with Crippen molar-refractivity contribution < 1.29 is 0 Å². The van der Waals surface area contributed by atoms with Crippen LogP contribution < -0.4 is 10.6 Å². The minimum absolute atomic E-state index is 0.926. The van der Waals surface area contributed by atoms with Crippen molar-refractivity contribution in [1.82, 2.24) is 10.3 Å². The van der Waals surface area contributed by atoms with Gasteiger partial charge in [-0.2, -0.15) is 0 Å². The average molecular weight is 239 g/mol. The normalized spacial score (nSPS) is 15.4. The zero-order valence-electron chi connectivity index (χ0n) is 10.3. The van der Waals surface area contributed by atoms with Gasteiger partial charge in [-0.25, -0.2) is 0 Å². The summed E-state index contributed by atoms with van der Waals surface area (Å²) >= 11 is 0. The molecule has 0 saturated carbocycles. The minimum atomic E-state index is 0.926. The van der Waals surface area contributed by atoms with Crippen molar-refractivity contribution in [2.75, 3.05) is 25.0 Å². The maximum Gasteiger partial charge on any atom is 0.0722 e. The molecular weight excluding hydrogens is 222 g/mol. The van der Waals surface area contributed by atoms with E-state index in [1.807, 2.05) is 24.4 Å². The number of anilines is 1. The average Bonchev–Trinajstić information content (AvgIpc) is 2.46. The molecule has 18 heavy (non-hydrogen) atoms. The Morgan fingerprint density at radius 3 is 3.06 bits per heavy atom. The molecule has 2 N–H and O–H groups in total. The van der Waals surface area contributed by atoms with Crippen molar-refractivity contribution in [3.8, 4) is 0 Å². The number of nitrogens with zero attached hydrogens (tertiary/aromatic N) is 1. The molecule has 3 heteroatoms. The molecule has 0 spiro atoms. The molecule has 2 heterocycles. The number of para-hydroxylation sites is 1. The highest BCUT2D eigenvalue weighted by Gasteiger charge is 2.04. The molecule has 2 aromatic rings. The van der Waals surface area contributed by atoms with E-state index in [1.54, 1.807) is 0 Å². The molecule has 1 aromatic carbocycles. The summed E-state index contributed by atoms with van der Waals surface area (Å²) in [5, 5.41) is 8.04. The predicted octanol–water partition coefficient (Wildman–Crippen LogP) is 2.57. The first-order chi connectivity index (χ1) is 8.93. The van der Waals surface area contributed by atoms with Crippen LogP contribution in [0.4, 0.5) is 5.69 Å². The fourth-order valence-electron chi connectivity index (χ4n) is 2.29. The molecule has 0 saturated heterocycles. The molecule has 1 aliphatic rings. The minimum Gasteiger partial charge on any atom is -0.381 e. The number of benzene rings is 1. The molecule has 0 bridgehead atoms. The van der Waals surface area contributed by atoms with Crippen LogP contribution in [0, 0.1) is 0 Å². The van der Waals surface area contributed by atoms with E-state index in [0.29, 0.717) is 0 Å². The van der Waals surface area contributed by atoms with Crippen molar-refractivity contribution in [2.24, 2.45) is 0 Å². The summed E-state index contributed by atoms with van der Waals surface area (Å²) in [6, 6.07) is 10.3. The van der Waals surface area contributed by atoms with E-state index in [2.05, 4.69) is 33.8 Å². The van der Waals surface area contributed by atoms with Gasteiger partial charge in [0.1, 0.15) is 0 Å². The van der Waals surface area contributed by atoms with Crippen LogP contribution in [0.5, 0.6) is 0 Å². The van der Waals surface area contributed by atoms with Crippen molar-refractivity contribution in [3.63, 3.8) is 0 Å². The van der Waals surface area contributed by atoms with E-state index in [0.717, 1.165) is 31.6 Å². The Morgan fingerprint density at radius 1 is 1.22 bits per heavy atom. The van der Waals surface area contributed by atoms with Gasteiger partial charge in [-0.05, 0) is 25.1 Å². The van der Waals surface area contributed by atoms with Gasteiger partial charge >= 0.3 is 0 Å². The van der Waals surface area contributed by atoms with Gasteiger partial charge in [0.25, 0.3) is 0 Å². The highest BCUT2D eigenvalue weighted by Crippen LogP contribution is 2.21. The number of pyridine rings is 1. The second-order valence-electron chi connectivity index (χ2n) is 4.55. The monoisotopic (exact) mass is 239 g/mol.